The second kappa shape index (κ2) is 5.45. The molecule has 0 saturated heterocycles. The van der Waals surface area contributed by atoms with Crippen molar-refractivity contribution >= 4 is 23.3 Å². The van der Waals surface area contributed by atoms with Gasteiger partial charge < -0.3 is 10.2 Å². The van der Waals surface area contributed by atoms with E-state index in [1.807, 2.05) is 6.92 Å². The Bertz CT molecular complexity index is 346. The van der Waals surface area contributed by atoms with Crippen LogP contribution in [0.2, 0.25) is 5.28 Å². The molecule has 1 aromatic rings. The van der Waals surface area contributed by atoms with Crippen LogP contribution in [-0.4, -0.2) is 41.2 Å². The first-order valence-corrected chi connectivity index (χ1v) is 4.84. The van der Waals surface area contributed by atoms with Crippen LogP contribution in [0.4, 0.5) is 5.82 Å². The predicted octanol–water partition coefficient (Wildman–Crippen LogP) is 0.0973. The van der Waals surface area contributed by atoms with E-state index in [0.29, 0.717) is 12.4 Å². The zero-order chi connectivity index (χ0) is 11.3. The van der Waals surface area contributed by atoms with Gasteiger partial charge in [0.15, 0.2) is 5.82 Å². The summed E-state index contributed by atoms with van der Waals surface area (Å²) in [5.41, 5.74) is 0. The molecule has 0 bridgehead atoms. The lowest BCUT2D eigenvalue weighted by Crippen LogP contribution is -2.35. The van der Waals surface area contributed by atoms with Gasteiger partial charge in [-0.3, -0.25) is 4.79 Å². The van der Waals surface area contributed by atoms with Gasteiger partial charge in [0, 0.05) is 13.6 Å². The number of amides is 1. The van der Waals surface area contributed by atoms with Gasteiger partial charge in [-0.25, -0.2) is 0 Å². The summed E-state index contributed by atoms with van der Waals surface area (Å²) in [7, 11) is 1.73. The van der Waals surface area contributed by atoms with Crippen LogP contribution >= 0.6 is 11.6 Å². The molecular formula is C8H12ClN5O. The van der Waals surface area contributed by atoms with Gasteiger partial charge in [-0.2, -0.15) is 10.1 Å². The highest BCUT2D eigenvalue weighted by Gasteiger charge is 2.08. The third kappa shape index (κ3) is 3.67. The molecule has 1 N–H and O–H groups in total. The number of likely N-dealkylation sites (N-methyl/N-ethyl adjacent to an activating group) is 2. The smallest absolute Gasteiger partial charge is 0.244 e. The normalized spacial score (nSPS) is 9.80. The maximum absolute atomic E-state index is 11.3. The van der Waals surface area contributed by atoms with Crippen molar-refractivity contribution in [3.05, 3.63) is 11.5 Å². The van der Waals surface area contributed by atoms with Crippen LogP contribution in [0.15, 0.2) is 6.20 Å². The van der Waals surface area contributed by atoms with Gasteiger partial charge in [0.25, 0.3) is 0 Å². The highest BCUT2D eigenvalue weighted by molar-refractivity contribution is 6.28. The zero-order valence-corrected chi connectivity index (χ0v) is 9.32. The molecule has 0 aliphatic heterocycles. The Morgan fingerprint density at radius 1 is 1.67 bits per heavy atom. The Morgan fingerprint density at radius 3 is 3.00 bits per heavy atom. The van der Waals surface area contributed by atoms with Gasteiger partial charge in [-0.15, -0.1) is 5.10 Å². The third-order valence-electron chi connectivity index (χ3n) is 1.67. The molecule has 1 amide bonds. The van der Waals surface area contributed by atoms with Crippen LogP contribution in [0.5, 0.6) is 0 Å². The number of anilines is 1. The molecule has 0 spiro atoms. The molecule has 0 fully saturated rings. The van der Waals surface area contributed by atoms with Crippen molar-refractivity contribution in [1.29, 1.82) is 0 Å². The summed E-state index contributed by atoms with van der Waals surface area (Å²) in [6, 6.07) is 0. The first-order valence-electron chi connectivity index (χ1n) is 4.46. The average molecular weight is 230 g/mol. The van der Waals surface area contributed by atoms with Gasteiger partial charge in [0.1, 0.15) is 0 Å². The number of aromatic nitrogens is 3. The predicted molar refractivity (Wildman–Crippen MR) is 56.8 cm³/mol. The summed E-state index contributed by atoms with van der Waals surface area (Å²) in [5.74, 6) is 0.441. The number of hydrogen-bond donors (Lipinski definition) is 1. The highest BCUT2D eigenvalue weighted by Crippen LogP contribution is 2.07. The molecule has 0 aliphatic carbocycles. The van der Waals surface area contributed by atoms with E-state index in [1.165, 1.54) is 6.20 Å². The molecule has 7 heteroatoms. The van der Waals surface area contributed by atoms with Gasteiger partial charge in [-0.05, 0) is 18.5 Å². The molecule has 1 heterocycles. The maximum Gasteiger partial charge on any atom is 0.244 e. The summed E-state index contributed by atoms with van der Waals surface area (Å²) in [4.78, 5) is 16.8. The number of nitrogens with zero attached hydrogens (tertiary/aromatic N) is 4. The van der Waals surface area contributed by atoms with E-state index in [-0.39, 0.29) is 17.7 Å². The summed E-state index contributed by atoms with van der Waals surface area (Å²) in [6.45, 7) is 2.68. The maximum atomic E-state index is 11.3. The molecule has 0 saturated carbocycles. The van der Waals surface area contributed by atoms with Crippen LogP contribution in [-0.2, 0) is 4.79 Å². The second-order valence-electron chi connectivity index (χ2n) is 2.89. The van der Waals surface area contributed by atoms with E-state index < -0.39 is 0 Å². The number of nitrogens with one attached hydrogen (secondary N) is 1. The van der Waals surface area contributed by atoms with Crippen LogP contribution in [0.3, 0.4) is 0 Å². The minimum Gasteiger partial charge on any atom is -0.355 e. The van der Waals surface area contributed by atoms with E-state index in [0.717, 1.165) is 0 Å². The Labute approximate surface area is 92.7 Å². The molecule has 0 atom stereocenters. The van der Waals surface area contributed by atoms with Crippen LogP contribution in [0, 0.1) is 0 Å². The molecule has 0 radical (unpaired) electrons. The van der Waals surface area contributed by atoms with Crippen molar-refractivity contribution in [2.75, 3.05) is 25.0 Å². The number of carbonyl (C=O) groups excluding carboxylic acids is 1. The molecule has 6 nitrogen and oxygen atoms in total. The van der Waals surface area contributed by atoms with Crippen molar-refractivity contribution in [3.63, 3.8) is 0 Å². The molecule has 15 heavy (non-hydrogen) atoms. The summed E-state index contributed by atoms with van der Waals surface area (Å²) in [5, 5.41) is 9.90. The van der Waals surface area contributed by atoms with Crippen molar-refractivity contribution < 1.29 is 4.79 Å². The fourth-order valence-electron chi connectivity index (χ4n) is 1.01. The SMILES string of the molecule is CCNC(=O)CN(C)c1cnnc(Cl)n1. The minimum absolute atomic E-state index is 0.0650. The Balaban J connectivity index is 2.60. The molecule has 0 aliphatic rings. The van der Waals surface area contributed by atoms with Crippen LogP contribution in [0.1, 0.15) is 6.92 Å². The fourth-order valence-corrected chi connectivity index (χ4v) is 1.14. The van der Waals surface area contributed by atoms with Crippen LogP contribution in [0.25, 0.3) is 0 Å². The largest absolute Gasteiger partial charge is 0.355 e. The Morgan fingerprint density at radius 2 is 2.40 bits per heavy atom. The Kier molecular flexibility index (Phi) is 4.23. The fraction of sp³-hybridized carbons (Fsp3) is 0.500. The van der Waals surface area contributed by atoms with Crippen molar-refractivity contribution in [2.24, 2.45) is 0 Å². The molecule has 0 aromatic carbocycles. The van der Waals surface area contributed by atoms with Crippen molar-refractivity contribution in [2.45, 2.75) is 6.92 Å². The molecule has 82 valence electrons. The average Bonchev–Trinajstić information content (AvgIpc) is 2.18. The lowest BCUT2D eigenvalue weighted by molar-refractivity contribution is -0.119. The van der Waals surface area contributed by atoms with E-state index in [1.54, 1.807) is 11.9 Å². The molecule has 1 rings (SSSR count). The van der Waals surface area contributed by atoms with Gasteiger partial charge >= 0.3 is 0 Å². The summed E-state index contributed by atoms with van der Waals surface area (Å²) >= 11 is 5.57. The first-order chi connectivity index (χ1) is 7.13. The summed E-state index contributed by atoms with van der Waals surface area (Å²) < 4.78 is 0. The molecule has 1 aromatic heterocycles. The first kappa shape index (κ1) is 11.6. The van der Waals surface area contributed by atoms with Gasteiger partial charge in [0.05, 0.1) is 12.7 Å². The number of rotatable bonds is 4. The lowest BCUT2D eigenvalue weighted by atomic mass is 10.5. The Hall–Kier alpha value is -1.43. The summed E-state index contributed by atoms with van der Waals surface area (Å²) in [6.07, 6.45) is 1.45. The number of halogens is 1. The monoisotopic (exact) mass is 229 g/mol. The molecule has 0 unspecified atom stereocenters. The van der Waals surface area contributed by atoms with E-state index in [2.05, 4.69) is 20.5 Å². The number of carbonyl (C=O) groups is 1. The quantitative estimate of drug-likeness (QED) is 0.793. The molecular weight excluding hydrogens is 218 g/mol. The highest BCUT2D eigenvalue weighted by atomic mass is 35.5. The van der Waals surface area contributed by atoms with E-state index in [4.69, 9.17) is 11.6 Å². The van der Waals surface area contributed by atoms with Crippen molar-refractivity contribution in [3.8, 4) is 0 Å². The standard InChI is InChI=1S/C8H12ClN5O/c1-3-10-7(15)5-14(2)6-4-11-13-8(9)12-6/h4H,3,5H2,1-2H3,(H,10,15). The topological polar surface area (TPSA) is 71.0 Å². The van der Waals surface area contributed by atoms with Gasteiger partial charge in [0.2, 0.25) is 11.2 Å². The van der Waals surface area contributed by atoms with E-state index >= 15 is 0 Å². The van der Waals surface area contributed by atoms with Crippen molar-refractivity contribution in [1.82, 2.24) is 20.5 Å². The second-order valence-corrected chi connectivity index (χ2v) is 3.23. The van der Waals surface area contributed by atoms with Crippen LogP contribution < -0.4 is 10.2 Å². The minimum atomic E-state index is -0.0743. The van der Waals surface area contributed by atoms with Gasteiger partial charge in [-0.1, -0.05) is 0 Å². The number of hydrogen-bond acceptors (Lipinski definition) is 5. The zero-order valence-electron chi connectivity index (χ0n) is 8.57. The lowest BCUT2D eigenvalue weighted by Gasteiger charge is -2.16. The third-order valence-corrected chi connectivity index (χ3v) is 1.83. The van der Waals surface area contributed by atoms with E-state index in [9.17, 15) is 4.79 Å².